The van der Waals surface area contributed by atoms with Crippen LogP contribution >= 0.6 is 0 Å². The van der Waals surface area contributed by atoms with Gasteiger partial charge < -0.3 is 4.74 Å². The first-order valence-corrected chi connectivity index (χ1v) is 6.77. The van der Waals surface area contributed by atoms with Crippen LogP contribution in [0.4, 0.5) is 4.79 Å². The molecule has 0 fully saturated rings. The molecule has 0 saturated carbocycles. The fraction of sp³-hybridized carbons (Fsp3) is 0.533. The molecule has 1 aromatic rings. The van der Waals surface area contributed by atoms with E-state index in [0.29, 0.717) is 0 Å². The molecular weight excluding hydrogens is 240 g/mol. The van der Waals surface area contributed by atoms with Crippen molar-refractivity contribution in [1.82, 2.24) is 5.43 Å². The molecule has 0 heterocycles. The van der Waals surface area contributed by atoms with Crippen molar-refractivity contribution in [2.45, 2.75) is 51.6 Å². The molecule has 0 spiro atoms. The van der Waals surface area contributed by atoms with Crippen LogP contribution in [-0.2, 0) is 11.2 Å². The Bertz CT molecular complexity index is 377. The van der Waals surface area contributed by atoms with Crippen molar-refractivity contribution in [2.24, 2.45) is 5.84 Å². The van der Waals surface area contributed by atoms with Crippen LogP contribution < -0.4 is 11.3 Å². The maximum Gasteiger partial charge on any atom is 0.421 e. The average Bonchev–Trinajstić information content (AvgIpc) is 2.38. The highest BCUT2D eigenvalue weighted by atomic mass is 16.6. The van der Waals surface area contributed by atoms with Crippen molar-refractivity contribution in [3.63, 3.8) is 0 Å². The molecule has 1 aromatic carbocycles. The Morgan fingerprint density at radius 1 is 1.21 bits per heavy atom. The molecule has 0 bridgehead atoms. The summed E-state index contributed by atoms with van der Waals surface area (Å²) in [6, 6.07) is 10.5. The summed E-state index contributed by atoms with van der Waals surface area (Å²) in [7, 11) is 0. The van der Waals surface area contributed by atoms with E-state index in [0.717, 1.165) is 32.1 Å². The number of carbonyl (C=O) groups excluding carboxylic acids is 1. The van der Waals surface area contributed by atoms with Gasteiger partial charge in [-0.15, -0.1) is 0 Å². The van der Waals surface area contributed by atoms with Crippen LogP contribution in [0.3, 0.4) is 0 Å². The van der Waals surface area contributed by atoms with E-state index in [2.05, 4.69) is 24.3 Å². The van der Waals surface area contributed by atoms with Gasteiger partial charge in [0, 0.05) is 0 Å². The first-order chi connectivity index (χ1) is 9.03. The Morgan fingerprint density at radius 2 is 1.89 bits per heavy atom. The average molecular weight is 264 g/mol. The van der Waals surface area contributed by atoms with Crippen molar-refractivity contribution < 1.29 is 9.53 Å². The van der Waals surface area contributed by atoms with Gasteiger partial charge in [0.05, 0.1) is 0 Å². The molecule has 19 heavy (non-hydrogen) atoms. The molecule has 0 atom stereocenters. The molecule has 3 N–H and O–H groups in total. The topological polar surface area (TPSA) is 64.3 Å². The molecule has 0 aliphatic rings. The Balaban J connectivity index is 2.15. The molecule has 0 radical (unpaired) electrons. The normalized spacial score (nSPS) is 11.1. The summed E-state index contributed by atoms with van der Waals surface area (Å²) < 4.78 is 5.18. The van der Waals surface area contributed by atoms with E-state index in [4.69, 9.17) is 10.6 Å². The number of amides is 1. The summed E-state index contributed by atoms with van der Waals surface area (Å²) in [5, 5.41) is 0. The zero-order valence-corrected chi connectivity index (χ0v) is 11.8. The van der Waals surface area contributed by atoms with Crippen LogP contribution in [0.2, 0.25) is 0 Å². The smallest absolute Gasteiger partial charge is 0.421 e. The number of hydrazine groups is 1. The predicted octanol–water partition coefficient (Wildman–Crippen LogP) is 3.17. The van der Waals surface area contributed by atoms with E-state index in [-0.39, 0.29) is 0 Å². The molecule has 0 aliphatic heterocycles. The summed E-state index contributed by atoms with van der Waals surface area (Å²) in [5.74, 6) is 5.00. The Morgan fingerprint density at radius 3 is 2.53 bits per heavy atom. The third kappa shape index (κ3) is 6.82. The Labute approximate surface area is 115 Å². The number of carbonyl (C=O) groups is 1. The summed E-state index contributed by atoms with van der Waals surface area (Å²) >= 11 is 0. The van der Waals surface area contributed by atoms with E-state index in [9.17, 15) is 4.79 Å². The molecule has 1 rings (SSSR count). The molecule has 4 nitrogen and oxygen atoms in total. The highest BCUT2D eigenvalue weighted by Crippen LogP contribution is 2.19. The standard InChI is InChI=1S/C15H24N2O2/c1-15(2,19-14(18)17-16)12-8-4-7-11-13-9-5-3-6-10-13/h3,5-6,9-10H,4,7-8,11-12,16H2,1-2H3,(H,17,18). The molecule has 0 saturated heterocycles. The third-order valence-electron chi connectivity index (χ3n) is 3.07. The van der Waals surface area contributed by atoms with Gasteiger partial charge in [0.1, 0.15) is 5.60 Å². The van der Waals surface area contributed by atoms with Crippen LogP contribution in [-0.4, -0.2) is 11.7 Å². The number of aryl methyl sites for hydroxylation is 1. The molecule has 0 aliphatic carbocycles. The van der Waals surface area contributed by atoms with Crippen molar-refractivity contribution >= 4 is 6.09 Å². The fourth-order valence-electron chi connectivity index (χ4n) is 2.03. The van der Waals surface area contributed by atoms with Crippen LogP contribution in [0.25, 0.3) is 0 Å². The maximum absolute atomic E-state index is 11.0. The molecule has 0 aromatic heterocycles. The molecule has 106 valence electrons. The van der Waals surface area contributed by atoms with Gasteiger partial charge in [0.15, 0.2) is 0 Å². The highest BCUT2D eigenvalue weighted by molar-refractivity contribution is 5.66. The monoisotopic (exact) mass is 264 g/mol. The number of hydrogen-bond donors (Lipinski definition) is 2. The van der Waals surface area contributed by atoms with Crippen molar-refractivity contribution in [2.75, 3.05) is 0 Å². The second-order valence-electron chi connectivity index (χ2n) is 5.34. The molecular formula is C15H24N2O2. The third-order valence-corrected chi connectivity index (χ3v) is 3.07. The van der Waals surface area contributed by atoms with Gasteiger partial charge in [-0.3, -0.25) is 5.43 Å². The van der Waals surface area contributed by atoms with Crippen LogP contribution in [0, 0.1) is 0 Å². The van der Waals surface area contributed by atoms with E-state index >= 15 is 0 Å². The number of nitrogens with one attached hydrogen (secondary N) is 1. The van der Waals surface area contributed by atoms with Gasteiger partial charge in [-0.25, -0.2) is 10.6 Å². The quantitative estimate of drug-likeness (QED) is 0.344. The number of hydrogen-bond acceptors (Lipinski definition) is 3. The van der Waals surface area contributed by atoms with Gasteiger partial charge in [0.2, 0.25) is 0 Å². The number of unbranched alkanes of at least 4 members (excludes halogenated alkanes) is 2. The summed E-state index contributed by atoms with van der Waals surface area (Å²) in [4.78, 5) is 11.0. The zero-order valence-electron chi connectivity index (χ0n) is 11.8. The van der Waals surface area contributed by atoms with Crippen LogP contribution in [0.15, 0.2) is 30.3 Å². The van der Waals surface area contributed by atoms with Gasteiger partial charge in [-0.2, -0.15) is 0 Å². The minimum Gasteiger partial charge on any atom is -0.443 e. The maximum atomic E-state index is 11.0. The molecule has 0 unspecified atom stereocenters. The zero-order chi connectivity index (χ0) is 14.1. The fourth-order valence-corrected chi connectivity index (χ4v) is 2.03. The number of benzene rings is 1. The Kier molecular flexibility index (Phi) is 6.36. The van der Waals surface area contributed by atoms with Gasteiger partial charge in [-0.05, 0) is 45.1 Å². The van der Waals surface area contributed by atoms with Gasteiger partial charge in [0.25, 0.3) is 0 Å². The van der Waals surface area contributed by atoms with Crippen LogP contribution in [0.1, 0.15) is 45.1 Å². The lowest BCUT2D eigenvalue weighted by atomic mass is 9.99. The Hall–Kier alpha value is -1.55. The van der Waals surface area contributed by atoms with E-state index in [1.54, 1.807) is 0 Å². The summed E-state index contributed by atoms with van der Waals surface area (Å²) in [6.45, 7) is 3.80. The first kappa shape index (κ1) is 15.5. The van der Waals surface area contributed by atoms with Crippen molar-refractivity contribution in [3.8, 4) is 0 Å². The number of nitrogens with two attached hydrogens (primary N) is 1. The number of rotatable bonds is 7. The van der Waals surface area contributed by atoms with Gasteiger partial charge >= 0.3 is 6.09 Å². The first-order valence-electron chi connectivity index (χ1n) is 6.77. The summed E-state index contributed by atoms with van der Waals surface area (Å²) in [6.07, 6.45) is 4.70. The lowest BCUT2D eigenvalue weighted by Crippen LogP contribution is -2.38. The second kappa shape index (κ2) is 7.79. The van der Waals surface area contributed by atoms with Crippen molar-refractivity contribution in [3.05, 3.63) is 35.9 Å². The van der Waals surface area contributed by atoms with Gasteiger partial charge in [-0.1, -0.05) is 36.8 Å². The lowest BCUT2D eigenvalue weighted by Gasteiger charge is -2.24. The second-order valence-corrected chi connectivity index (χ2v) is 5.34. The lowest BCUT2D eigenvalue weighted by molar-refractivity contribution is 0.0309. The molecule has 1 amide bonds. The minimum atomic E-state index is -0.575. The van der Waals surface area contributed by atoms with Crippen LogP contribution in [0.5, 0.6) is 0 Å². The molecule has 4 heteroatoms. The van der Waals surface area contributed by atoms with E-state index < -0.39 is 11.7 Å². The van der Waals surface area contributed by atoms with E-state index in [1.165, 1.54) is 5.56 Å². The number of ether oxygens (including phenoxy) is 1. The highest BCUT2D eigenvalue weighted by Gasteiger charge is 2.21. The predicted molar refractivity (Wildman–Crippen MR) is 76.5 cm³/mol. The minimum absolute atomic E-state index is 0.462. The van der Waals surface area contributed by atoms with E-state index in [1.807, 2.05) is 25.3 Å². The largest absolute Gasteiger partial charge is 0.443 e. The van der Waals surface area contributed by atoms with Crippen molar-refractivity contribution in [1.29, 1.82) is 0 Å². The SMILES string of the molecule is CC(C)(CCCCCc1ccccc1)OC(=O)NN. The summed E-state index contributed by atoms with van der Waals surface area (Å²) in [5.41, 5.74) is 2.90.